The van der Waals surface area contributed by atoms with E-state index in [-0.39, 0.29) is 6.10 Å². The van der Waals surface area contributed by atoms with E-state index in [2.05, 4.69) is 46.1 Å². The summed E-state index contributed by atoms with van der Waals surface area (Å²) in [5, 5.41) is 3.74. The number of ether oxygens (including phenoxy) is 2. The SMILES string of the molecule is CC(C)OC1CC(N[C@H]2CCO[C@@H]2c2cncc(Br)c2)C1. The van der Waals surface area contributed by atoms with Crippen molar-refractivity contribution < 1.29 is 9.47 Å². The van der Waals surface area contributed by atoms with Crippen molar-refractivity contribution in [1.82, 2.24) is 10.3 Å². The molecule has 5 heteroatoms. The molecule has 2 fully saturated rings. The molecule has 2 heterocycles. The number of rotatable bonds is 5. The first-order valence-electron chi connectivity index (χ1n) is 7.75. The highest BCUT2D eigenvalue weighted by molar-refractivity contribution is 9.10. The second kappa shape index (κ2) is 6.73. The van der Waals surface area contributed by atoms with Gasteiger partial charge in [-0.25, -0.2) is 0 Å². The van der Waals surface area contributed by atoms with E-state index in [0.717, 1.165) is 35.9 Å². The van der Waals surface area contributed by atoms with Crippen LogP contribution in [0.1, 0.15) is 44.8 Å². The molecule has 116 valence electrons. The van der Waals surface area contributed by atoms with Gasteiger partial charge in [-0.05, 0) is 55.1 Å². The molecular weight excluding hydrogens is 332 g/mol. The highest BCUT2D eigenvalue weighted by atomic mass is 79.9. The monoisotopic (exact) mass is 354 g/mol. The molecule has 0 aromatic carbocycles. The Bertz CT molecular complexity index is 477. The minimum atomic E-state index is 0.111. The Morgan fingerprint density at radius 1 is 1.38 bits per heavy atom. The van der Waals surface area contributed by atoms with Gasteiger partial charge < -0.3 is 14.8 Å². The number of halogens is 1. The molecule has 2 aliphatic rings. The average Bonchev–Trinajstić information content (AvgIpc) is 2.84. The van der Waals surface area contributed by atoms with E-state index in [9.17, 15) is 0 Å². The van der Waals surface area contributed by atoms with Crippen molar-refractivity contribution in [3.8, 4) is 0 Å². The quantitative estimate of drug-likeness (QED) is 0.881. The predicted molar refractivity (Wildman–Crippen MR) is 85.2 cm³/mol. The summed E-state index contributed by atoms with van der Waals surface area (Å²) < 4.78 is 12.7. The van der Waals surface area contributed by atoms with E-state index < -0.39 is 0 Å². The molecular formula is C16H23BrN2O2. The average molecular weight is 355 g/mol. The molecule has 1 aromatic heterocycles. The highest BCUT2D eigenvalue weighted by Gasteiger charge is 2.36. The van der Waals surface area contributed by atoms with Crippen LogP contribution in [-0.2, 0) is 9.47 Å². The summed E-state index contributed by atoms with van der Waals surface area (Å²) in [6, 6.07) is 3.04. The molecule has 0 bridgehead atoms. The predicted octanol–water partition coefficient (Wildman–Crippen LogP) is 3.22. The van der Waals surface area contributed by atoms with Crippen LogP contribution < -0.4 is 5.32 Å². The molecule has 0 radical (unpaired) electrons. The zero-order chi connectivity index (χ0) is 14.8. The molecule has 1 aliphatic heterocycles. The van der Waals surface area contributed by atoms with Gasteiger partial charge in [0.25, 0.3) is 0 Å². The van der Waals surface area contributed by atoms with Crippen LogP contribution in [0.25, 0.3) is 0 Å². The maximum atomic E-state index is 5.91. The van der Waals surface area contributed by atoms with Crippen molar-refractivity contribution in [1.29, 1.82) is 0 Å². The summed E-state index contributed by atoms with van der Waals surface area (Å²) in [5.74, 6) is 0. The topological polar surface area (TPSA) is 43.4 Å². The molecule has 4 nitrogen and oxygen atoms in total. The Kier molecular flexibility index (Phi) is 4.94. The first-order valence-corrected chi connectivity index (χ1v) is 8.54. The maximum absolute atomic E-state index is 5.91. The van der Waals surface area contributed by atoms with Crippen molar-refractivity contribution in [3.05, 3.63) is 28.5 Å². The maximum Gasteiger partial charge on any atom is 0.0993 e. The Hall–Kier alpha value is -0.490. The number of nitrogens with one attached hydrogen (secondary N) is 1. The largest absolute Gasteiger partial charge is 0.375 e. The lowest BCUT2D eigenvalue weighted by atomic mass is 9.87. The van der Waals surface area contributed by atoms with Crippen LogP contribution >= 0.6 is 15.9 Å². The second-order valence-electron chi connectivity index (χ2n) is 6.26. The smallest absolute Gasteiger partial charge is 0.0993 e. The van der Waals surface area contributed by atoms with Gasteiger partial charge in [0.2, 0.25) is 0 Å². The van der Waals surface area contributed by atoms with E-state index in [1.165, 1.54) is 0 Å². The molecule has 1 N–H and O–H groups in total. The van der Waals surface area contributed by atoms with Gasteiger partial charge in [-0.1, -0.05) is 0 Å². The molecule has 1 aliphatic carbocycles. The molecule has 3 rings (SSSR count). The highest BCUT2D eigenvalue weighted by Crippen LogP contribution is 2.33. The summed E-state index contributed by atoms with van der Waals surface area (Å²) in [4.78, 5) is 4.25. The molecule has 0 unspecified atom stereocenters. The molecule has 0 amide bonds. The second-order valence-corrected chi connectivity index (χ2v) is 7.18. The first-order chi connectivity index (χ1) is 10.1. The fourth-order valence-electron chi connectivity index (χ4n) is 3.17. The zero-order valence-electron chi connectivity index (χ0n) is 12.6. The van der Waals surface area contributed by atoms with Gasteiger partial charge in [-0.3, -0.25) is 4.98 Å². The van der Waals surface area contributed by atoms with Gasteiger partial charge in [0.1, 0.15) is 0 Å². The molecule has 1 saturated heterocycles. The van der Waals surface area contributed by atoms with Crippen molar-refractivity contribution >= 4 is 15.9 Å². The van der Waals surface area contributed by atoms with Crippen LogP contribution in [-0.4, -0.2) is 35.9 Å². The number of hydrogen-bond donors (Lipinski definition) is 1. The van der Waals surface area contributed by atoms with Gasteiger partial charge in [0.05, 0.1) is 18.3 Å². The third kappa shape index (κ3) is 3.83. The van der Waals surface area contributed by atoms with Crippen LogP contribution in [0.3, 0.4) is 0 Å². The summed E-state index contributed by atoms with van der Waals surface area (Å²) in [5.41, 5.74) is 1.15. The lowest BCUT2D eigenvalue weighted by Crippen LogP contribution is -2.50. The number of pyridine rings is 1. The third-order valence-electron chi connectivity index (χ3n) is 4.16. The van der Waals surface area contributed by atoms with Gasteiger partial charge in [-0.15, -0.1) is 0 Å². The molecule has 1 saturated carbocycles. The van der Waals surface area contributed by atoms with Crippen LogP contribution in [0.4, 0.5) is 0 Å². The van der Waals surface area contributed by atoms with Crippen molar-refractivity contribution in [2.75, 3.05) is 6.61 Å². The van der Waals surface area contributed by atoms with Crippen LogP contribution in [0.15, 0.2) is 22.9 Å². The lowest BCUT2D eigenvalue weighted by molar-refractivity contribution is -0.0530. The van der Waals surface area contributed by atoms with Gasteiger partial charge in [-0.2, -0.15) is 0 Å². The Labute approximate surface area is 134 Å². The number of hydrogen-bond acceptors (Lipinski definition) is 4. The molecule has 0 spiro atoms. The van der Waals surface area contributed by atoms with Crippen molar-refractivity contribution in [3.63, 3.8) is 0 Å². The Morgan fingerprint density at radius 3 is 2.90 bits per heavy atom. The number of nitrogens with zero attached hydrogens (tertiary/aromatic N) is 1. The van der Waals surface area contributed by atoms with Crippen LogP contribution in [0.5, 0.6) is 0 Å². The fraction of sp³-hybridized carbons (Fsp3) is 0.688. The first kappa shape index (κ1) is 15.4. The standard InChI is InChI=1S/C16H23BrN2O2/c1-10(2)21-14-6-13(7-14)19-15-3-4-20-16(15)11-5-12(17)9-18-8-11/h5,8-10,13-16,19H,3-4,6-7H2,1-2H3/t13?,14?,15-,16+/m0/s1. The molecule has 21 heavy (non-hydrogen) atoms. The van der Waals surface area contributed by atoms with Crippen LogP contribution in [0.2, 0.25) is 0 Å². The van der Waals surface area contributed by atoms with E-state index in [1.54, 1.807) is 6.20 Å². The lowest BCUT2D eigenvalue weighted by Gasteiger charge is -2.39. The summed E-state index contributed by atoms with van der Waals surface area (Å²) in [6.45, 7) is 5.01. The summed E-state index contributed by atoms with van der Waals surface area (Å²) >= 11 is 3.48. The van der Waals surface area contributed by atoms with Gasteiger partial charge in [0, 0.05) is 41.1 Å². The Morgan fingerprint density at radius 2 is 2.19 bits per heavy atom. The summed E-state index contributed by atoms with van der Waals surface area (Å²) in [7, 11) is 0. The normalized spacial score (nSPS) is 32.4. The molecule has 1 aromatic rings. The minimum Gasteiger partial charge on any atom is -0.375 e. The van der Waals surface area contributed by atoms with Gasteiger partial charge in [0.15, 0.2) is 0 Å². The van der Waals surface area contributed by atoms with Crippen molar-refractivity contribution in [2.45, 2.75) is 63.5 Å². The van der Waals surface area contributed by atoms with E-state index in [4.69, 9.17) is 9.47 Å². The van der Waals surface area contributed by atoms with E-state index >= 15 is 0 Å². The van der Waals surface area contributed by atoms with Crippen molar-refractivity contribution in [2.24, 2.45) is 0 Å². The zero-order valence-corrected chi connectivity index (χ0v) is 14.2. The van der Waals surface area contributed by atoms with E-state index in [0.29, 0.717) is 24.3 Å². The molecule has 2 atom stereocenters. The fourth-order valence-corrected chi connectivity index (χ4v) is 3.56. The number of aromatic nitrogens is 1. The minimum absolute atomic E-state index is 0.111. The Balaban J connectivity index is 1.54. The third-order valence-corrected chi connectivity index (χ3v) is 4.59. The summed E-state index contributed by atoms with van der Waals surface area (Å²) in [6.07, 6.45) is 7.85. The van der Waals surface area contributed by atoms with Crippen LogP contribution in [0, 0.1) is 0 Å². The van der Waals surface area contributed by atoms with Gasteiger partial charge >= 0.3 is 0 Å². The van der Waals surface area contributed by atoms with E-state index in [1.807, 2.05) is 6.20 Å².